The highest BCUT2D eigenvalue weighted by Gasteiger charge is 2.31. The highest BCUT2D eigenvalue weighted by molar-refractivity contribution is 5.06. The van der Waals surface area contributed by atoms with Gasteiger partial charge in [0.1, 0.15) is 0 Å². The summed E-state index contributed by atoms with van der Waals surface area (Å²) >= 11 is 0. The van der Waals surface area contributed by atoms with Gasteiger partial charge in [-0.1, -0.05) is 6.08 Å². The van der Waals surface area contributed by atoms with Gasteiger partial charge >= 0.3 is 0 Å². The molecule has 0 saturated carbocycles. The third-order valence-corrected chi connectivity index (χ3v) is 2.43. The van der Waals surface area contributed by atoms with Crippen molar-refractivity contribution in [3.05, 3.63) is 11.6 Å². The maximum absolute atomic E-state index is 5.83. The highest BCUT2D eigenvalue weighted by Crippen LogP contribution is 2.32. The van der Waals surface area contributed by atoms with Crippen LogP contribution in [0.1, 0.15) is 40.5 Å². The minimum absolute atomic E-state index is 0.106. The molecule has 0 N–H and O–H groups in total. The lowest BCUT2D eigenvalue weighted by Gasteiger charge is -2.19. The van der Waals surface area contributed by atoms with E-state index in [1.54, 1.807) is 0 Å². The predicted octanol–water partition coefficient (Wildman–Crippen LogP) is 2.91. The van der Waals surface area contributed by atoms with Crippen molar-refractivity contribution in [3.63, 3.8) is 0 Å². The number of hydrogen-bond donors (Lipinski definition) is 0. The summed E-state index contributed by atoms with van der Waals surface area (Å²) in [5.41, 5.74) is 1.48. The van der Waals surface area contributed by atoms with Crippen LogP contribution < -0.4 is 0 Å². The van der Waals surface area contributed by atoms with Gasteiger partial charge in [-0.15, -0.1) is 0 Å². The molecule has 1 saturated heterocycles. The van der Waals surface area contributed by atoms with Crippen LogP contribution in [0.3, 0.4) is 0 Å². The smallest absolute Gasteiger partial charge is 0.0790 e. The van der Waals surface area contributed by atoms with Gasteiger partial charge < -0.3 is 4.74 Å². The minimum Gasteiger partial charge on any atom is -0.368 e. The molecular formula is C10H18O. The molecule has 0 aliphatic carbocycles. The molecule has 1 heteroatoms. The minimum atomic E-state index is 0.106. The van der Waals surface area contributed by atoms with Crippen LogP contribution in [0.15, 0.2) is 11.6 Å². The Morgan fingerprint density at radius 1 is 1.55 bits per heavy atom. The van der Waals surface area contributed by atoms with Crippen molar-refractivity contribution in [2.75, 3.05) is 0 Å². The number of rotatable bonds is 1. The Labute approximate surface area is 69.4 Å². The third-order valence-electron chi connectivity index (χ3n) is 2.43. The fraction of sp³-hybridized carbons (Fsp3) is 0.800. The van der Waals surface area contributed by atoms with Gasteiger partial charge in [0.25, 0.3) is 0 Å². The van der Waals surface area contributed by atoms with E-state index >= 15 is 0 Å². The fourth-order valence-corrected chi connectivity index (χ4v) is 1.49. The first-order valence-corrected chi connectivity index (χ1v) is 4.36. The monoisotopic (exact) mass is 154 g/mol. The van der Waals surface area contributed by atoms with Crippen molar-refractivity contribution in [3.8, 4) is 0 Å². The van der Waals surface area contributed by atoms with Crippen LogP contribution in [-0.2, 0) is 4.74 Å². The van der Waals surface area contributed by atoms with Gasteiger partial charge in [0.15, 0.2) is 0 Å². The maximum atomic E-state index is 5.83. The zero-order valence-electron chi connectivity index (χ0n) is 7.98. The largest absolute Gasteiger partial charge is 0.368 e. The molecule has 0 unspecified atom stereocenters. The first kappa shape index (κ1) is 8.79. The van der Waals surface area contributed by atoms with Gasteiger partial charge in [0.2, 0.25) is 0 Å². The summed E-state index contributed by atoms with van der Waals surface area (Å²) in [6.07, 6.45) is 4.90. The Morgan fingerprint density at radius 2 is 2.18 bits per heavy atom. The van der Waals surface area contributed by atoms with Gasteiger partial charge in [-0.2, -0.15) is 0 Å². The molecule has 1 heterocycles. The zero-order valence-corrected chi connectivity index (χ0v) is 7.98. The van der Waals surface area contributed by atoms with E-state index in [4.69, 9.17) is 4.74 Å². The van der Waals surface area contributed by atoms with E-state index in [0.29, 0.717) is 6.10 Å². The van der Waals surface area contributed by atoms with Crippen molar-refractivity contribution >= 4 is 0 Å². The van der Waals surface area contributed by atoms with Gasteiger partial charge in [-0.3, -0.25) is 0 Å². The van der Waals surface area contributed by atoms with Crippen molar-refractivity contribution in [1.82, 2.24) is 0 Å². The van der Waals surface area contributed by atoms with Crippen molar-refractivity contribution < 1.29 is 4.74 Å². The lowest BCUT2D eigenvalue weighted by Crippen LogP contribution is -2.20. The number of allylic oxidation sites excluding steroid dienone is 1. The van der Waals surface area contributed by atoms with E-state index in [1.807, 2.05) is 0 Å². The first-order chi connectivity index (χ1) is 5.05. The lowest BCUT2D eigenvalue weighted by atomic mass is 10.0. The number of ether oxygens (including phenoxy) is 1. The molecule has 1 nitrogen and oxygen atoms in total. The van der Waals surface area contributed by atoms with Crippen LogP contribution >= 0.6 is 0 Å². The van der Waals surface area contributed by atoms with Gasteiger partial charge in [0.05, 0.1) is 11.7 Å². The van der Waals surface area contributed by atoms with E-state index in [-0.39, 0.29) is 5.60 Å². The molecule has 1 atom stereocenters. The molecular weight excluding hydrogens is 136 g/mol. The number of hydrogen-bond acceptors (Lipinski definition) is 1. The summed E-state index contributed by atoms with van der Waals surface area (Å²) in [5, 5.41) is 0. The molecule has 11 heavy (non-hydrogen) atoms. The summed E-state index contributed by atoms with van der Waals surface area (Å²) in [6.45, 7) is 8.54. The summed E-state index contributed by atoms with van der Waals surface area (Å²) in [4.78, 5) is 0. The van der Waals surface area contributed by atoms with Crippen LogP contribution in [0.5, 0.6) is 0 Å². The van der Waals surface area contributed by atoms with E-state index in [0.717, 1.165) is 0 Å². The van der Waals surface area contributed by atoms with Crippen LogP contribution in [0.4, 0.5) is 0 Å². The van der Waals surface area contributed by atoms with Crippen molar-refractivity contribution in [2.24, 2.45) is 0 Å². The molecule has 0 spiro atoms. The topological polar surface area (TPSA) is 9.23 Å². The molecule has 0 aromatic rings. The molecule has 0 aromatic carbocycles. The van der Waals surface area contributed by atoms with Crippen LogP contribution in [0.2, 0.25) is 0 Å². The van der Waals surface area contributed by atoms with E-state index < -0.39 is 0 Å². The Kier molecular flexibility index (Phi) is 2.38. The first-order valence-electron chi connectivity index (χ1n) is 4.36. The van der Waals surface area contributed by atoms with E-state index in [2.05, 4.69) is 33.8 Å². The second kappa shape index (κ2) is 2.98. The van der Waals surface area contributed by atoms with Crippen molar-refractivity contribution in [1.29, 1.82) is 0 Å². The van der Waals surface area contributed by atoms with Gasteiger partial charge in [0, 0.05) is 0 Å². The summed E-state index contributed by atoms with van der Waals surface area (Å²) in [5.74, 6) is 0. The van der Waals surface area contributed by atoms with Gasteiger partial charge in [-0.05, 0) is 46.1 Å². The van der Waals surface area contributed by atoms with E-state index in [9.17, 15) is 0 Å². The Balaban J connectivity index is 2.55. The second-order valence-electron chi connectivity index (χ2n) is 3.94. The van der Waals surface area contributed by atoms with Crippen LogP contribution in [0, 0.1) is 0 Å². The molecule has 0 bridgehead atoms. The molecule has 0 aromatic heterocycles. The zero-order chi connectivity index (χ0) is 8.48. The normalized spacial score (nSPS) is 30.9. The predicted molar refractivity (Wildman–Crippen MR) is 47.6 cm³/mol. The molecule has 64 valence electrons. The average Bonchev–Trinajstić information content (AvgIpc) is 2.29. The average molecular weight is 154 g/mol. The standard InChI is InChI=1S/C10H18O/c1-5-8(2)9-6-7-10(3,4)11-9/h5,9H,6-7H2,1-4H3/b8-5+/t9-/m1/s1. The molecule has 1 fully saturated rings. The second-order valence-corrected chi connectivity index (χ2v) is 3.94. The van der Waals surface area contributed by atoms with Crippen LogP contribution in [-0.4, -0.2) is 11.7 Å². The quantitative estimate of drug-likeness (QED) is 0.528. The molecule has 1 aliphatic heterocycles. The Bertz CT molecular complexity index is 168. The highest BCUT2D eigenvalue weighted by atomic mass is 16.5. The molecule has 1 aliphatic rings. The lowest BCUT2D eigenvalue weighted by molar-refractivity contribution is 0.000500. The summed E-state index contributed by atoms with van der Waals surface area (Å²) < 4.78 is 5.83. The van der Waals surface area contributed by atoms with E-state index in [1.165, 1.54) is 18.4 Å². The Morgan fingerprint density at radius 3 is 2.55 bits per heavy atom. The summed E-state index contributed by atoms with van der Waals surface area (Å²) in [6, 6.07) is 0. The third kappa shape index (κ3) is 2.06. The Hall–Kier alpha value is -0.300. The SMILES string of the molecule is C/C=C(\C)[C@H]1CCC(C)(C)O1. The van der Waals surface area contributed by atoms with Crippen LogP contribution in [0.25, 0.3) is 0 Å². The molecule has 1 rings (SSSR count). The fourth-order valence-electron chi connectivity index (χ4n) is 1.49. The molecule has 0 amide bonds. The molecule has 0 radical (unpaired) electrons. The summed E-state index contributed by atoms with van der Waals surface area (Å²) in [7, 11) is 0. The van der Waals surface area contributed by atoms with Gasteiger partial charge in [-0.25, -0.2) is 0 Å². The van der Waals surface area contributed by atoms with Crippen molar-refractivity contribution in [2.45, 2.75) is 52.2 Å². The maximum Gasteiger partial charge on any atom is 0.0790 e.